The van der Waals surface area contributed by atoms with Crippen LogP contribution in [-0.2, 0) is 14.9 Å². The number of amides is 1. The summed E-state index contributed by atoms with van der Waals surface area (Å²) in [5, 5.41) is 2.91. The summed E-state index contributed by atoms with van der Waals surface area (Å²) in [6.45, 7) is 1.21. The second kappa shape index (κ2) is 2.58. The summed E-state index contributed by atoms with van der Waals surface area (Å²) >= 11 is 0. The first kappa shape index (κ1) is 8.00. The lowest BCUT2D eigenvalue weighted by Crippen LogP contribution is -2.34. The molecule has 3 nitrogen and oxygen atoms in total. The number of carbonyl (C=O) groups excluding carboxylic acids is 1. The smallest absolute Gasteiger partial charge is 0.237 e. The highest BCUT2D eigenvalue weighted by atomic mass is 16.5. The van der Waals surface area contributed by atoms with E-state index in [1.807, 2.05) is 24.3 Å². The minimum absolute atomic E-state index is 0.0937. The van der Waals surface area contributed by atoms with Gasteiger partial charge >= 0.3 is 0 Å². The SMILES string of the molecule is O=C1Nc2ccccc2[C@]12CCOC2. The Balaban J connectivity index is 2.18. The Morgan fingerprint density at radius 1 is 1.36 bits per heavy atom. The fourth-order valence-corrected chi connectivity index (χ4v) is 2.33. The van der Waals surface area contributed by atoms with Gasteiger partial charge < -0.3 is 10.1 Å². The molecule has 3 heteroatoms. The van der Waals surface area contributed by atoms with Crippen LogP contribution in [0.15, 0.2) is 24.3 Å². The average Bonchev–Trinajstić information content (AvgIpc) is 2.77. The molecule has 0 unspecified atom stereocenters. The standard InChI is InChI=1S/C11H11NO2/c13-10-11(5-6-14-7-11)8-3-1-2-4-9(8)12-10/h1-4H,5-7H2,(H,12,13)/t11-/m1/s1. The van der Waals surface area contributed by atoms with Crippen molar-refractivity contribution >= 4 is 11.6 Å². The maximum Gasteiger partial charge on any atom is 0.237 e. The molecule has 1 fully saturated rings. The van der Waals surface area contributed by atoms with E-state index in [4.69, 9.17) is 4.74 Å². The van der Waals surface area contributed by atoms with E-state index in [0.29, 0.717) is 13.2 Å². The van der Waals surface area contributed by atoms with Crippen LogP contribution >= 0.6 is 0 Å². The number of nitrogens with one attached hydrogen (secondary N) is 1. The summed E-state index contributed by atoms with van der Waals surface area (Å²) < 4.78 is 5.35. The molecule has 0 bridgehead atoms. The van der Waals surface area contributed by atoms with Gasteiger partial charge in [-0.25, -0.2) is 0 Å². The van der Waals surface area contributed by atoms with Crippen LogP contribution in [0.1, 0.15) is 12.0 Å². The van der Waals surface area contributed by atoms with E-state index in [0.717, 1.165) is 17.7 Å². The van der Waals surface area contributed by atoms with E-state index < -0.39 is 5.41 Å². The minimum atomic E-state index is -0.392. The van der Waals surface area contributed by atoms with Crippen LogP contribution in [-0.4, -0.2) is 19.1 Å². The molecule has 0 aliphatic carbocycles. The Kier molecular flexibility index (Phi) is 1.47. The summed E-state index contributed by atoms with van der Waals surface area (Å²) in [5.41, 5.74) is 1.65. The zero-order valence-corrected chi connectivity index (χ0v) is 7.75. The molecule has 1 saturated heterocycles. The monoisotopic (exact) mass is 189 g/mol. The van der Waals surface area contributed by atoms with Crippen LogP contribution in [0, 0.1) is 0 Å². The van der Waals surface area contributed by atoms with Crippen molar-refractivity contribution in [3.8, 4) is 0 Å². The topological polar surface area (TPSA) is 38.3 Å². The first-order valence-electron chi connectivity index (χ1n) is 4.82. The summed E-state index contributed by atoms with van der Waals surface area (Å²) in [6.07, 6.45) is 0.801. The van der Waals surface area contributed by atoms with Gasteiger partial charge in [0.2, 0.25) is 5.91 Å². The fraction of sp³-hybridized carbons (Fsp3) is 0.364. The highest BCUT2D eigenvalue weighted by Crippen LogP contribution is 2.42. The molecule has 0 aromatic heterocycles. The number of ether oxygens (including phenoxy) is 1. The fourth-order valence-electron chi connectivity index (χ4n) is 2.33. The molecule has 1 spiro atoms. The lowest BCUT2D eigenvalue weighted by Gasteiger charge is -2.18. The third kappa shape index (κ3) is 0.826. The number of carbonyl (C=O) groups is 1. The quantitative estimate of drug-likeness (QED) is 0.668. The molecule has 0 saturated carbocycles. The third-order valence-corrected chi connectivity index (χ3v) is 3.15. The van der Waals surface area contributed by atoms with Crippen LogP contribution in [0.5, 0.6) is 0 Å². The van der Waals surface area contributed by atoms with Crippen LogP contribution in [0.3, 0.4) is 0 Å². The van der Waals surface area contributed by atoms with Crippen LogP contribution in [0.25, 0.3) is 0 Å². The Labute approximate surface area is 82.1 Å². The Bertz CT molecular complexity index is 394. The summed E-state index contributed by atoms with van der Waals surface area (Å²) in [7, 11) is 0. The van der Waals surface area contributed by atoms with E-state index >= 15 is 0 Å². The van der Waals surface area contributed by atoms with E-state index in [9.17, 15) is 4.79 Å². The van der Waals surface area contributed by atoms with Crippen LogP contribution in [0.2, 0.25) is 0 Å². The molecule has 0 radical (unpaired) electrons. The van der Waals surface area contributed by atoms with Crippen molar-refractivity contribution in [2.45, 2.75) is 11.8 Å². The normalized spacial score (nSPS) is 29.3. The van der Waals surface area contributed by atoms with Crippen molar-refractivity contribution in [2.24, 2.45) is 0 Å². The first-order chi connectivity index (χ1) is 6.83. The van der Waals surface area contributed by atoms with Gasteiger partial charge in [-0.1, -0.05) is 18.2 Å². The molecule has 72 valence electrons. The van der Waals surface area contributed by atoms with Gasteiger partial charge in [0.25, 0.3) is 0 Å². The second-order valence-electron chi connectivity index (χ2n) is 3.88. The molecule has 1 aromatic rings. The molecule has 1 aromatic carbocycles. The van der Waals surface area contributed by atoms with Gasteiger partial charge in [0.15, 0.2) is 0 Å². The zero-order valence-electron chi connectivity index (χ0n) is 7.75. The molecule has 14 heavy (non-hydrogen) atoms. The third-order valence-electron chi connectivity index (χ3n) is 3.15. The highest BCUT2D eigenvalue weighted by Gasteiger charge is 2.49. The number of hydrogen-bond donors (Lipinski definition) is 1. The number of rotatable bonds is 0. The van der Waals surface area contributed by atoms with Crippen LogP contribution < -0.4 is 5.32 Å². The number of anilines is 1. The van der Waals surface area contributed by atoms with Gasteiger partial charge in [0, 0.05) is 12.3 Å². The van der Waals surface area contributed by atoms with Crippen molar-refractivity contribution in [1.29, 1.82) is 0 Å². The average molecular weight is 189 g/mol. The molecular formula is C11H11NO2. The highest BCUT2D eigenvalue weighted by molar-refractivity contribution is 6.06. The molecule has 1 atom stereocenters. The van der Waals surface area contributed by atoms with Gasteiger partial charge in [-0.05, 0) is 18.1 Å². The zero-order chi connectivity index (χ0) is 9.60. The van der Waals surface area contributed by atoms with Crippen molar-refractivity contribution < 1.29 is 9.53 Å². The van der Waals surface area contributed by atoms with E-state index in [1.54, 1.807) is 0 Å². The molecule has 2 aliphatic rings. The summed E-state index contributed by atoms with van der Waals surface area (Å²) in [5.74, 6) is 0.0937. The molecule has 1 N–H and O–H groups in total. The maximum atomic E-state index is 11.9. The van der Waals surface area contributed by atoms with Gasteiger partial charge in [-0.15, -0.1) is 0 Å². The summed E-state index contributed by atoms with van der Waals surface area (Å²) in [4.78, 5) is 11.9. The lowest BCUT2D eigenvalue weighted by molar-refractivity contribution is -0.120. The van der Waals surface area contributed by atoms with Gasteiger partial charge in [-0.3, -0.25) is 4.79 Å². The van der Waals surface area contributed by atoms with Crippen LogP contribution in [0.4, 0.5) is 5.69 Å². The maximum absolute atomic E-state index is 11.9. The van der Waals surface area contributed by atoms with E-state index in [1.165, 1.54) is 0 Å². The largest absolute Gasteiger partial charge is 0.380 e. The number of benzene rings is 1. The van der Waals surface area contributed by atoms with Gasteiger partial charge in [-0.2, -0.15) is 0 Å². The molecular weight excluding hydrogens is 178 g/mol. The number of hydrogen-bond acceptors (Lipinski definition) is 2. The Morgan fingerprint density at radius 3 is 3.00 bits per heavy atom. The molecule has 2 heterocycles. The molecule has 2 aliphatic heterocycles. The van der Waals surface area contributed by atoms with Crippen molar-refractivity contribution in [2.75, 3.05) is 18.5 Å². The number of fused-ring (bicyclic) bond motifs is 2. The van der Waals surface area contributed by atoms with Gasteiger partial charge in [0.05, 0.1) is 6.61 Å². The molecule has 1 amide bonds. The van der Waals surface area contributed by atoms with Crippen molar-refractivity contribution in [3.05, 3.63) is 29.8 Å². The summed E-state index contributed by atoms with van der Waals surface area (Å²) in [6, 6.07) is 7.87. The predicted molar refractivity (Wildman–Crippen MR) is 52.2 cm³/mol. The Morgan fingerprint density at radius 2 is 2.21 bits per heavy atom. The van der Waals surface area contributed by atoms with Crippen molar-refractivity contribution in [3.63, 3.8) is 0 Å². The second-order valence-corrected chi connectivity index (χ2v) is 3.88. The lowest BCUT2D eigenvalue weighted by atomic mass is 9.81. The first-order valence-corrected chi connectivity index (χ1v) is 4.82. The minimum Gasteiger partial charge on any atom is -0.380 e. The molecule has 3 rings (SSSR count). The number of para-hydroxylation sites is 1. The van der Waals surface area contributed by atoms with E-state index in [-0.39, 0.29) is 5.91 Å². The predicted octanol–water partition coefficient (Wildman–Crippen LogP) is 1.30. The van der Waals surface area contributed by atoms with E-state index in [2.05, 4.69) is 5.32 Å². The van der Waals surface area contributed by atoms with Gasteiger partial charge in [0.1, 0.15) is 5.41 Å². The Hall–Kier alpha value is -1.35. The van der Waals surface area contributed by atoms with Crippen molar-refractivity contribution in [1.82, 2.24) is 0 Å².